The molecule has 2 aliphatic rings. The zero-order valence-corrected chi connectivity index (χ0v) is 29.7. The van der Waals surface area contributed by atoms with Crippen LogP contribution in [0.3, 0.4) is 0 Å². The number of ether oxygens (including phenoxy) is 2. The fourth-order valence-corrected chi connectivity index (χ4v) is 8.79. The van der Waals surface area contributed by atoms with Crippen LogP contribution < -0.4 is 10.6 Å². The normalized spacial score (nSPS) is 18.7. The number of alkyl carbamates (subject to hydrolysis) is 1. The first-order valence-electron chi connectivity index (χ1n) is 17.0. The predicted octanol–water partition coefficient (Wildman–Crippen LogP) is 6.04. The third-order valence-electron chi connectivity index (χ3n) is 9.76. The van der Waals surface area contributed by atoms with Gasteiger partial charge in [0.05, 0.1) is 23.1 Å². The maximum absolute atomic E-state index is 15.5. The maximum atomic E-state index is 15.5. The van der Waals surface area contributed by atoms with Gasteiger partial charge in [-0.2, -0.15) is 4.31 Å². The molecule has 5 rings (SSSR count). The molecule has 3 atom stereocenters. The van der Waals surface area contributed by atoms with Crippen LogP contribution in [0, 0.1) is 17.6 Å². The molecule has 2 aliphatic heterocycles. The van der Waals surface area contributed by atoms with Gasteiger partial charge in [0, 0.05) is 51.2 Å². The first kappa shape index (κ1) is 37.8. The van der Waals surface area contributed by atoms with E-state index in [9.17, 15) is 22.4 Å². The van der Waals surface area contributed by atoms with Gasteiger partial charge in [-0.05, 0) is 91.5 Å². The number of Topliss-reactive ketones (excluding diaryl/α,β-unsaturated/α-hetero) is 1. The highest BCUT2D eigenvalue weighted by atomic mass is 35.5. The topological polar surface area (TPSA) is 114 Å². The molecular formula is C37H44ClF2N3O6S. The summed E-state index contributed by atoms with van der Waals surface area (Å²) in [6.07, 6.45) is 2.33. The van der Waals surface area contributed by atoms with Gasteiger partial charge in [-0.15, -0.1) is 0 Å². The zero-order valence-electron chi connectivity index (χ0n) is 28.1. The minimum atomic E-state index is -3.78. The van der Waals surface area contributed by atoms with Crippen molar-refractivity contribution in [3.63, 3.8) is 0 Å². The summed E-state index contributed by atoms with van der Waals surface area (Å²) in [5, 5.41) is 5.88. The SMILES string of the molecule is COC(=O)N[C@H](C(=O)Cc1cccc(F)c1CC[C@H]1CNCCN1S(=O)(=O)c1ccccc1)[C@H](CCC1CCOCC1)c1ccc(Cl)c(F)c1. The van der Waals surface area contributed by atoms with Crippen LogP contribution >= 0.6 is 11.6 Å². The van der Waals surface area contributed by atoms with Crippen LogP contribution in [-0.2, 0) is 37.1 Å². The molecule has 3 aromatic carbocycles. The molecule has 1 amide bonds. The molecule has 13 heteroatoms. The minimum Gasteiger partial charge on any atom is -0.453 e. The van der Waals surface area contributed by atoms with Crippen molar-refractivity contribution < 1.29 is 36.3 Å². The molecule has 0 spiro atoms. The Balaban J connectivity index is 1.39. The number of methoxy groups -OCH3 is 1. The van der Waals surface area contributed by atoms with Gasteiger partial charge in [-0.25, -0.2) is 22.0 Å². The number of hydrogen-bond acceptors (Lipinski definition) is 7. The fourth-order valence-electron chi connectivity index (χ4n) is 7.00. The van der Waals surface area contributed by atoms with Gasteiger partial charge in [0.25, 0.3) is 0 Å². The van der Waals surface area contributed by atoms with Crippen LogP contribution in [0.25, 0.3) is 0 Å². The first-order valence-corrected chi connectivity index (χ1v) is 18.8. The van der Waals surface area contributed by atoms with Gasteiger partial charge in [0.15, 0.2) is 5.78 Å². The Morgan fingerprint density at radius 3 is 2.52 bits per heavy atom. The molecule has 0 bridgehead atoms. The van der Waals surface area contributed by atoms with E-state index in [2.05, 4.69) is 10.6 Å². The highest BCUT2D eigenvalue weighted by Crippen LogP contribution is 2.33. The number of sulfonamides is 1. The van der Waals surface area contributed by atoms with Gasteiger partial charge in [0.1, 0.15) is 11.6 Å². The number of hydrogen-bond donors (Lipinski definition) is 2. The average molecular weight is 732 g/mol. The number of nitrogens with one attached hydrogen (secondary N) is 2. The summed E-state index contributed by atoms with van der Waals surface area (Å²) in [6.45, 7) is 2.44. The second-order valence-corrected chi connectivity index (χ2v) is 15.2. The number of halogens is 3. The van der Waals surface area contributed by atoms with E-state index in [4.69, 9.17) is 21.1 Å². The summed E-state index contributed by atoms with van der Waals surface area (Å²) in [5.41, 5.74) is 1.23. The lowest BCUT2D eigenvalue weighted by Gasteiger charge is -2.35. The largest absolute Gasteiger partial charge is 0.453 e. The van der Waals surface area contributed by atoms with Crippen molar-refractivity contribution in [1.82, 2.24) is 14.9 Å². The zero-order chi connectivity index (χ0) is 35.7. The second kappa shape index (κ2) is 17.7. The van der Waals surface area contributed by atoms with Crippen LogP contribution in [0.4, 0.5) is 13.6 Å². The maximum Gasteiger partial charge on any atom is 0.407 e. The van der Waals surface area contributed by atoms with Gasteiger partial charge in [0.2, 0.25) is 10.0 Å². The smallest absolute Gasteiger partial charge is 0.407 e. The monoisotopic (exact) mass is 731 g/mol. The first-order chi connectivity index (χ1) is 24.1. The predicted molar refractivity (Wildman–Crippen MR) is 187 cm³/mol. The second-order valence-electron chi connectivity index (χ2n) is 12.9. The van der Waals surface area contributed by atoms with E-state index in [1.165, 1.54) is 35.7 Å². The average Bonchev–Trinajstić information content (AvgIpc) is 3.13. The molecule has 270 valence electrons. The fraction of sp³-hybridized carbons (Fsp3) is 0.459. The Kier molecular flexibility index (Phi) is 13.4. The van der Waals surface area contributed by atoms with Crippen LogP contribution in [0.15, 0.2) is 71.6 Å². The molecule has 0 unspecified atom stereocenters. The molecular weight excluding hydrogens is 688 g/mol. The number of ketones is 1. The molecule has 2 fully saturated rings. The molecule has 50 heavy (non-hydrogen) atoms. The van der Waals surface area contributed by atoms with Crippen LogP contribution in [0.5, 0.6) is 0 Å². The lowest BCUT2D eigenvalue weighted by Crippen LogP contribution is -2.53. The van der Waals surface area contributed by atoms with Crippen molar-refractivity contribution in [2.75, 3.05) is 40.0 Å². The molecule has 0 saturated carbocycles. The van der Waals surface area contributed by atoms with Crippen molar-refractivity contribution in [3.05, 3.63) is 100 Å². The molecule has 0 aromatic heterocycles. The number of piperazine rings is 1. The number of carbonyl (C=O) groups excluding carboxylic acids is 2. The molecule has 2 N–H and O–H groups in total. The summed E-state index contributed by atoms with van der Waals surface area (Å²) in [5.74, 6) is -1.84. The van der Waals surface area contributed by atoms with Crippen molar-refractivity contribution >= 4 is 33.5 Å². The molecule has 0 aliphatic carbocycles. The third kappa shape index (κ3) is 9.46. The lowest BCUT2D eigenvalue weighted by molar-refractivity contribution is -0.121. The number of rotatable bonds is 14. The van der Waals surface area contributed by atoms with Crippen molar-refractivity contribution in [3.8, 4) is 0 Å². The van der Waals surface area contributed by atoms with E-state index in [0.29, 0.717) is 68.2 Å². The van der Waals surface area contributed by atoms with Gasteiger partial charge in [-0.1, -0.05) is 48.0 Å². The van der Waals surface area contributed by atoms with Crippen molar-refractivity contribution in [2.45, 2.75) is 67.8 Å². The number of carbonyl (C=O) groups is 2. The summed E-state index contributed by atoms with van der Waals surface area (Å²) in [7, 11) is -2.59. The molecule has 3 aromatic rings. The highest BCUT2D eigenvalue weighted by Gasteiger charge is 2.35. The van der Waals surface area contributed by atoms with E-state index in [1.54, 1.807) is 42.5 Å². The van der Waals surface area contributed by atoms with E-state index in [1.807, 2.05) is 0 Å². The van der Waals surface area contributed by atoms with E-state index in [-0.39, 0.29) is 29.3 Å². The van der Waals surface area contributed by atoms with Gasteiger partial charge < -0.3 is 20.1 Å². The van der Waals surface area contributed by atoms with E-state index in [0.717, 1.165) is 12.8 Å². The van der Waals surface area contributed by atoms with Gasteiger partial charge >= 0.3 is 6.09 Å². The summed E-state index contributed by atoms with van der Waals surface area (Å²) in [6, 6.07) is 15.5. The van der Waals surface area contributed by atoms with Gasteiger partial charge in [-0.3, -0.25) is 4.79 Å². The molecule has 2 heterocycles. The molecule has 9 nitrogen and oxygen atoms in total. The Hall–Kier alpha value is -3.42. The van der Waals surface area contributed by atoms with Crippen LogP contribution in [0.1, 0.15) is 54.7 Å². The van der Waals surface area contributed by atoms with Crippen LogP contribution in [-0.4, -0.2) is 76.6 Å². The van der Waals surface area contributed by atoms with Crippen LogP contribution in [0.2, 0.25) is 5.02 Å². The number of nitrogens with zero attached hydrogens (tertiary/aromatic N) is 1. The Bertz CT molecular complexity index is 1730. The summed E-state index contributed by atoms with van der Waals surface area (Å²) >= 11 is 6.00. The quantitative estimate of drug-likeness (QED) is 0.208. The Labute approximate surface area is 297 Å². The minimum absolute atomic E-state index is 0.0616. The standard InChI is InChI=1S/C37H44ClF2N3O6S/c1-48-37(45)42-36(31(13-10-25-16-20-49-21-17-25)27-11-15-32(38)34(40)22-27)35(44)23-26-6-5-9-33(39)30(26)14-12-28-24-41-18-19-43(28)50(46,47)29-7-3-2-4-8-29/h2-9,11,15,22,25,28,31,36,41H,10,12-14,16-21,23-24H2,1H3,(H,42,45)/t28-,31+,36-/m0/s1. The highest BCUT2D eigenvalue weighted by molar-refractivity contribution is 7.89. The number of benzene rings is 3. The Morgan fingerprint density at radius 2 is 1.80 bits per heavy atom. The summed E-state index contributed by atoms with van der Waals surface area (Å²) < 4.78 is 69.3. The third-order valence-corrected chi connectivity index (χ3v) is 12.0. The molecule has 2 saturated heterocycles. The van der Waals surface area contributed by atoms with E-state index >= 15 is 4.39 Å². The summed E-state index contributed by atoms with van der Waals surface area (Å²) in [4.78, 5) is 27.1. The molecule has 0 radical (unpaired) electrons. The Morgan fingerprint density at radius 1 is 1.04 bits per heavy atom. The number of amides is 1. The van der Waals surface area contributed by atoms with Crippen molar-refractivity contribution in [2.24, 2.45) is 5.92 Å². The van der Waals surface area contributed by atoms with E-state index < -0.39 is 51.5 Å². The van der Waals surface area contributed by atoms with Crippen molar-refractivity contribution in [1.29, 1.82) is 0 Å². The lowest BCUT2D eigenvalue weighted by atomic mass is 9.80.